The van der Waals surface area contributed by atoms with Crippen molar-refractivity contribution in [3.63, 3.8) is 0 Å². The molecule has 1 aliphatic heterocycles. The summed E-state index contributed by atoms with van der Waals surface area (Å²) >= 11 is 0. The van der Waals surface area contributed by atoms with Gasteiger partial charge >= 0.3 is 5.97 Å². The molecule has 0 saturated heterocycles. The highest BCUT2D eigenvalue weighted by atomic mass is 16.6. The molecule has 1 aliphatic rings. The van der Waals surface area contributed by atoms with E-state index >= 15 is 0 Å². The van der Waals surface area contributed by atoms with Crippen LogP contribution >= 0.6 is 0 Å². The summed E-state index contributed by atoms with van der Waals surface area (Å²) in [6, 6.07) is 12.4. The second-order valence-electron chi connectivity index (χ2n) is 6.04. The van der Waals surface area contributed by atoms with E-state index in [1.807, 2.05) is 18.2 Å². The Morgan fingerprint density at radius 1 is 1.07 bits per heavy atom. The van der Waals surface area contributed by atoms with Crippen LogP contribution in [0, 0.1) is 6.92 Å². The van der Waals surface area contributed by atoms with Gasteiger partial charge in [0.2, 0.25) is 5.76 Å². The third-order valence-electron chi connectivity index (χ3n) is 4.19. The number of para-hydroxylation sites is 1. The molecule has 0 atom stereocenters. The lowest BCUT2D eigenvalue weighted by atomic mass is 10.1. The number of esters is 1. The molecule has 4 rings (SSSR count). The number of fused-ring (bicyclic) bond motifs is 2. The molecule has 1 aromatic heterocycles. The Labute approximate surface area is 154 Å². The summed E-state index contributed by atoms with van der Waals surface area (Å²) in [5, 5.41) is 3.50. The molecule has 7 heteroatoms. The maximum absolute atomic E-state index is 12.3. The van der Waals surface area contributed by atoms with Crippen molar-refractivity contribution in [1.29, 1.82) is 0 Å². The smallest absolute Gasteiger partial charge is 0.375 e. The van der Waals surface area contributed by atoms with E-state index in [-0.39, 0.29) is 5.76 Å². The van der Waals surface area contributed by atoms with Gasteiger partial charge in [-0.3, -0.25) is 4.79 Å². The number of rotatable bonds is 4. The summed E-state index contributed by atoms with van der Waals surface area (Å²) in [5.74, 6) is 0.151. The SMILES string of the molecule is Cc1c(C(=O)OCC(=O)Nc2ccc3c(c2)OCCO3)oc2ccccc12. The number of benzene rings is 2. The Bertz CT molecular complexity index is 1020. The van der Waals surface area contributed by atoms with Crippen molar-refractivity contribution >= 4 is 28.5 Å². The first-order valence-electron chi connectivity index (χ1n) is 8.46. The van der Waals surface area contributed by atoms with Crippen molar-refractivity contribution in [2.24, 2.45) is 0 Å². The lowest BCUT2D eigenvalue weighted by Crippen LogP contribution is -2.21. The highest BCUT2D eigenvalue weighted by Gasteiger charge is 2.20. The molecule has 0 saturated carbocycles. The summed E-state index contributed by atoms with van der Waals surface area (Å²) in [5.41, 5.74) is 1.81. The minimum Gasteiger partial charge on any atom is -0.486 e. The van der Waals surface area contributed by atoms with E-state index in [2.05, 4.69) is 5.32 Å². The van der Waals surface area contributed by atoms with E-state index in [1.54, 1.807) is 31.2 Å². The van der Waals surface area contributed by atoms with Crippen molar-refractivity contribution in [1.82, 2.24) is 0 Å². The average Bonchev–Trinajstić information content (AvgIpc) is 3.03. The molecule has 138 valence electrons. The second-order valence-corrected chi connectivity index (χ2v) is 6.04. The predicted molar refractivity (Wildman–Crippen MR) is 97.3 cm³/mol. The molecule has 7 nitrogen and oxygen atoms in total. The molecule has 1 amide bonds. The van der Waals surface area contributed by atoms with E-state index in [0.717, 1.165) is 5.39 Å². The molecular formula is C20H17NO6. The van der Waals surface area contributed by atoms with Gasteiger partial charge in [0.05, 0.1) is 0 Å². The minimum atomic E-state index is -0.680. The Balaban J connectivity index is 1.38. The number of nitrogens with one attached hydrogen (secondary N) is 1. The number of carbonyl (C=O) groups excluding carboxylic acids is 2. The van der Waals surface area contributed by atoms with Gasteiger partial charge in [0.1, 0.15) is 18.8 Å². The van der Waals surface area contributed by atoms with Gasteiger partial charge in [-0.2, -0.15) is 0 Å². The quantitative estimate of drug-likeness (QED) is 0.712. The summed E-state index contributed by atoms with van der Waals surface area (Å²) in [6.07, 6.45) is 0. The highest BCUT2D eigenvalue weighted by Crippen LogP contribution is 2.32. The van der Waals surface area contributed by atoms with Gasteiger partial charge < -0.3 is 23.9 Å². The predicted octanol–water partition coefficient (Wildman–Crippen LogP) is 3.31. The molecular weight excluding hydrogens is 350 g/mol. The molecule has 2 aromatic carbocycles. The molecule has 3 aromatic rings. The number of amides is 1. The molecule has 0 aliphatic carbocycles. The van der Waals surface area contributed by atoms with Gasteiger partial charge in [-0.25, -0.2) is 4.79 Å². The number of aryl methyl sites for hydroxylation is 1. The fourth-order valence-electron chi connectivity index (χ4n) is 2.88. The summed E-state index contributed by atoms with van der Waals surface area (Å²) < 4.78 is 21.5. The zero-order valence-electron chi connectivity index (χ0n) is 14.6. The Kier molecular flexibility index (Phi) is 4.42. The molecule has 2 heterocycles. The minimum absolute atomic E-state index is 0.100. The topological polar surface area (TPSA) is 87.0 Å². The molecule has 1 N–H and O–H groups in total. The zero-order valence-corrected chi connectivity index (χ0v) is 14.6. The largest absolute Gasteiger partial charge is 0.486 e. The monoisotopic (exact) mass is 367 g/mol. The van der Waals surface area contributed by atoms with Crippen LogP contribution in [0.1, 0.15) is 16.1 Å². The number of carbonyl (C=O) groups is 2. The molecule has 0 unspecified atom stereocenters. The third kappa shape index (κ3) is 3.44. The van der Waals surface area contributed by atoms with Crippen LogP contribution in [0.4, 0.5) is 5.69 Å². The third-order valence-corrected chi connectivity index (χ3v) is 4.19. The van der Waals surface area contributed by atoms with E-state index in [4.69, 9.17) is 18.6 Å². The van der Waals surface area contributed by atoms with Gasteiger partial charge in [0, 0.05) is 22.7 Å². The average molecular weight is 367 g/mol. The van der Waals surface area contributed by atoms with Crippen LogP contribution in [0.15, 0.2) is 46.9 Å². The van der Waals surface area contributed by atoms with Crippen LogP contribution in [0.2, 0.25) is 0 Å². The van der Waals surface area contributed by atoms with Crippen molar-refractivity contribution < 1.29 is 28.2 Å². The number of furan rings is 1. The zero-order chi connectivity index (χ0) is 18.8. The molecule has 27 heavy (non-hydrogen) atoms. The Hall–Kier alpha value is -3.48. The van der Waals surface area contributed by atoms with Crippen LogP contribution in [0.3, 0.4) is 0 Å². The van der Waals surface area contributed by atoms with Crippen LogP contribution in [-0.2, 0) is 9.53 Å². The molecule has 0 fully saturated rings. The maximum atomic E-state index is 12.3. The molecule has 0 bridgehead atoms. The highest BCUT2D eigenvalue weighted by molar-refractivity contribution is 5.98. The van der Waals surface area contributed by atoms with Crippen LogP contribution < -0.4 is 14.8 Å². The number of hydrogen-bond donors (Lipinski definition) is 1. The Morgan fingerprint density at radius 3 is 2.67 bits per heavy atom. The van der Waals surface area contributed by atoms with Crippen LogP contribution in [-0.4, -0.2) is 31.7 Å². The van der Waals surface area contributed by atoms with Gasteiger partial charge in [0.15, 0.2) is 18.1 Å². The van der Waals surface area contributed by atoms with Crippen LogP contribution in [0.25, 0.3) is 11.0 Å². The van der Waals surface area contributed by atoms with Gasteiger partial charge in [-0.05, 0) is 25.1 Å². The van der Waals surface area contributed by atoms with Gasteiger partial charge in [-0.15, -0.1) is 0 Å². The van der Waals surface area contributed by atoms with Crippen molar-refractivity contribution in [2.75, 3.05) is 25.1 Å². The number of anilines is 1. The second kappa shape index (κ2) is 7.03. The van der Waals surface area contributed by atoms with E-state index in [0.29, 0.717) is 41.5 Å². The summed E-state index contributed by atoms with van der Waals surface area (Å²) in [7, 11) is 0. The lowest BCUT2D eigenvalue weighted by Gasteiger charge is -2.18. The van der Waals surface area contributed by atoms with Gasteiger partial charge in [0.25, 0.3) is 5.91 Å². The van der Waals surface area contributed by atoms with Crippen molar-refractivity contribution in [3.8, 4) is 11.5 Å². The summed E-state index contributed by atoms with van der Waals surface area (Å²) in [4.78, 5) is 24.3. The number of hydrogen-bond acceptors (Lipinski definition) is 6. The standard InChI is InChI=1S/C20H17NO6/c1-12-14-4-2-3-5-15(14)27-19(12)20(23)26-11-18(22)21-13-6-7-16-17(10-13)25-9-8-24-16/h2-7,10H,8-9,11H2,1H3,(H,21,22). The summed E-state index contributed by atoms with van der Waals surface area (Å²) in [6.45, 7) is 2.30. The lowest BCUT2D eigenvalue weighted by molar-refractivity contribution is -0.119. The molecule has 0 radical (unpaired) electrons. The first-order chi connectivity index (χ1) is 13.1. The van der Waals surface area contributed by atoms with Crippen molar-refractivity contribution in [3.05, 3.63) is 53.8 Å². The maximum Gasteiger partial charge on any atom is 0.375 e. The molecule has 0 spiro atoms. The van der Waals surface area contributed by atoms with E-state index in [1.165, 1.54) is 0 Å². The fraction of sp³-hybridized carbons (Fsp3) is 0.200. The fourth-order valence-corrected chi connectivity index (χ4v) is 2.88. The van der Waals surface area contributed by atoms with E-state index < -0.39 is 18.5 Å². The van der Waals surface area contributed by atoms with Crippen molar-refractivity contribution in [2.45, 2.75) is 6.92 Å². The first kappa shape index (κ1) is 17.0. The van der Waals surface area contributed by atoms with Gasteiger partial charge in [-0.1, -0.05) is 18.2 Å². The van der Waals surface area contributed by atoms with E-state index in [9.17, 15) is 9.59 Å². The Morgan fingerprint density at radius 2 is 1.85 bits per heavy atom. The van der Waals surface area contributed by atoms with Crippen LogP contribution in [0.5, 0.6) is 11.5 Å². The number of ether oxygens (including phenoxy) is 3. The first-order valence-corrected chi connectivity index (χ1v) is 8.46. The normalized spacial score (nSPS) is 12.6.